The molecule has 156 valence electrons. The number of anilines is 1. The topological polar surface area (TPSA) is 69.7 Å². The minimum atomic E-state index is -0.306. The molecule has 2 fully saturated rings. The second-order valence-electron chi connectivity index (χ2n) is 7.91. The van der Waals surface area contributed by atoms with Crippen LogP contribution in [0.25, 0.3) is 0 Å². The van der Waals surface area contributed by atoms with Crippen LogP contribution in [-0.4, -0.2) is 46.7 Å². The number of rotatable bonds is 4. The maximum Gasteiger partial charge on any atom is 0.255 e. The van der Waals surface area contributed by atoms with E-state index in [1.165, 1.54) is 0 Å². The Balaban J connectivity index is 1.40. The Hall–Kier alpha value is -2.67. The molecule has 0 saturated carbocycles. The van der Waals surface area contributed by atoms with Gasteiger partial charge in [0.15, 0.2) is 0 Å². The van der Waals surface area contributed by atoms with Gasteiger partial charge in [-0.25, -0.2) is 0 Å². The molecule has 30 heavy (non-hydrogen) atoms. The molecular weight excluding hydrogens is 446 g/mol. The summed E-state index contributed by atoms with van der Waals surface area (Å²) in [5.74, 6) is -0.132. The molecule has 2 heterocycles. The van der Waals surface area contributed by atoms with Crippen molar-refractivity contribution in [3.05, 3.63) is 63.6 Å². The first-order chi connectivity index (χ1) is 14.4. The fourth-order valence-electron chi connectivity index (χ4n) is 4.07. The molecule has 0 aliphatic carbocycles. The standard InChI is InChI=1S/C23H24BrN3O3/c1-15-12-18(9-10-19(15)24)25-22(29)17-7-5-16(6-8-17)13-26-14-21(28)27-11-3-2-4-20(27)23(26)30/h5-10,12,20H,2-4,11,13-14H2,1H3,(H,25,29). The van der Waals surface area contributed by atoms with Crippen LogP contribution in [0.2, 0.25) is 0 Å². The predicted molar refractivity (Wildman–Crippen MR) is 118 cm³/mol. The Kier molecular flexibility index (Phi) is 5.90. The molecule has 2 aliphatic heterocycles. The van der Waals surface area contributed by atoms with E-state index >= 15 is 0 Å². The van der Waals surface area contributed by atoms with Crippen LogP contribution < -0.4 is 5.32 Å². The molecule has 7 heteroatoms. The van der Waals surface area contributed by atoms with Gasteiger partial charge in [0.2, 0.25) is 11.8 Å². The Morgan fingerprint density at radius 3 is 2.63 bits per heavy atom. The highest BCUT2D eigenvalue weighted by molar-refractivity contribution is 9.10. The van der Waals surface area contributed by atoms with E-state index < -0.39 is 0 Å². The van der Waals surface area contributed by atoms with E-state index in [1.54, 1.807) is 21.9 Å². The SMILES string of the molecule is Cc1cc(NC(=O)c2ccc(CN3CC(=O)N4CCCCC4C3=O)cc2)ccc1Br. The van der Waals surface area contributed by atoms with Gasteiger partial charge in [-0.05, 0) is 67.6 Å². The Bertz CT molecular complexity index is 990. The molecule has 2 aromatic carbocycles. The lowest BCUT2D eigenvalue weighted by Gasteiger charge is -2.42. The molecule has 3 amide bonds. The lowest BCUT2D eigenvalue weighted by molar-refractivity contribution is -0.158. The van der Waals surface area contributed by atoms with Crippen LogP contribution in [0.5, 0.6) is 0 Å². The fourth-order valence-corrected chi connectivity index (χ4v) is 4.32. The van der Waals surface area contributed by atoms with Crippen molar-refractivity contribution < 1.29 is 14.4 Å². The second-order valence-corrected chi connectivity index (χ2v) is 8.76. The van der Waals surface area contributed by atoms with Crippen LogP contribution in [0.1, 0.15) is 40.7 Å². The van der Waals surface area contributed by atoms with Crippen molar-refractivity contribution in [1.82, 2.24) is 9.80 Å². The van der Waals surface area contributed by atoms with Gasteiger partial charge in [-0.1, -0.05) is 28.1 Å². The summed E-state index contributed by atoms with van der Waals surface area (Å²) in [5.41, 5.74) is 3.22. The number of hydrogen-bond acceptors (Lipinski definition) is 3. The normalized spacial score (nSPS) is 18.9. The third-order valence-electron chi connectivity index (χ3n) is 5.75. The highest BCUT2D eigenvalue weighted by atomic mass is 79.9. The first kappa shape index (κ1) is 20.6. The molecule has 0 bridgehead atoms. The zero-order valence-electron chi connectivity index (χ0n) is 16.9. The first-order valence-corrected chi connectivity index (χ1v) is 11.0. The van der Waals surface area contributed by atoms with Gasteiger partial charge in [0.25, 0.3) is 5.91 Å². The number of amides is 3. The zero-order valence-corrected chi connectivity index (χ0v) is 18.4. The smallest absolute Gasteiger partial charge is 0.255 e. The molecule has 2 aliphatic rings. The minimum Gasteiger partial charge on any atom is -0.329 e. The third-order valence-corrected chi connectivity index (χ3v) is 6.64. The van der Waals surface area contributed by atoms with E-state index in [0.717, 1.165) is 40.5 Å². The van der Waals surface area contributed by atoms with Crippen LogP contribution in [0, 0.1) is 6.92 Å². The van der Waals surface area contributed by atoms with Gasteiger partial charge >= 0.3 is 0 Å². The number of hydrogen-bond donors (Lipinski definition) is 1. The Morgan fingerprint density at radius 2 is 1.90 bits per heavy atom. The van der Waals surface area contributed by atoms with Crippen LogP contribution in [0.3, 0.4) is 0 Å². The van der Waals surface area contributed by atoms with Gasteiger partial charge < -0.3 is 15.1 Å². The molecular formula is C23H24BrN3O3. The number of carbonyl (C=O) groups excluding carboxylic acids is 3. The molecule has 0 aromatic heterocycles. The molecule has 1 atom stereocenters. The van der Waals surface area contributed by atoms with E-state index in [2.05, 4.69) is 21.2 Å². The van der Waals surface area contributed by atoms with Crippen LogP contribution in [-0.2, 0) is 16.1 Å². The van der Waals surface area contributed by atoms with E-state index in [0.29, 0.717) is 18.7 Å². The maximum atomic E-state index is 12.8. The van der Waals surface area contributed by atoms with Crippen molar-refractivity contribution in [1.29, 1.82) is 0 Å². The quantitative estimate of drug-likeness (QED) is 0.741. The molecule has 2 saturated heterocycles. The number of halogens is 1. The van der Waals surface area contributed by atoms with Gasteiger partial charge in [0.1, 0.15) is 12.6 Å². The van der Waals surface area contributed by atoms with Crippen molar-refractivity contribution in [3.8, 4) is 0 Å². The minimum absolute atomic E-state index is 0.0279. The van der Waals surface area contributed by atoms with E-state index in [1.807, 2.05) is 37.3 Å². The highest BCUT2D eigenvalue weighted by Gasteiger charge is 2.40. The van der Waals surface area contributed by atoms with Crippen molar-refractivity contribution in [3.63, 3.8) is 0 Å². The largest absolute Gasteiger partial charge is 0.329 e. The van der Waals surface area contributed by atoms with E-state index in [9.17, 15) is 14.4 Å². The fraction of sp³-hybridized carbons (Fsp3) is 0.348. The number of benzene rings is 2. The lowest BCUT2D eigenvalue weighted by Crippen LogP contribution is -2.60. The van der Waals surface area contributed by atoms with Crippen molar-refractivity contribution in [2.24, 2.45) is 0 Å². The Labute approximate surface area is 184 Å². The van der Waals surface area contributed by atoms with Crippen molar-refractivity contribution in [2.75, 3.05) is 18.4 Å². The average molecular weight is 470 g/mol. The summed E-state index contributed by atoms with van der Waals surface area (Å²) in [7, 11) is 0. The molecule has 2 aromatic rings. The molecule has 6 nitrogen and oxygen atoms in total. The number of aryl methyl sites for hydroxylation is 1. The van der Waals surface area contributed by atoms with E-state index in [-0.39, 0.29) is 30.3 Å². The number of piperidine rings is 1. The third kappa shape index (κ3) is 4.26. The van der Waals surface area contributed by atoms with Crippen LogP contribution >= 0.6 is 15.9 Å². The molecule has 1 N–H and O–H groups in total. The number of piperazine rings is 1. The maximum absolute atomic E-state index is 12.8. The lowest BCUT2D eigenvalue weighted by atomic mass is 9.98. The summed E-state index contributed by atoms with van der Waals surface area (Å²) in [5, 5.41) is 2.90. The van der Waals surface area contributed by atoms with Crippen LogP contribution in [0.4, 0.5) is 5.69 Å². The van der Waals surface area contributed by atoms with Gasteiger partial charge in [-0.15, -0.1) is 0 Å². The number of nitrogens with one attached hydrogen (secondary N) is 1. The summed E-state index contributed by atoms with van der Waals surface area (Å²) in [6.45, 7) is 3.15. The molecule has 1 unspecified atom stereocenters. The van der Waals surface area contributed by atoms with Gasteiger partial charge in [0, 0.05) is 28.8 Å². The first-order valence-electron chi connectivity index (χ1n) is 10.2. The summed E-state index contributed by atoms with van der Waals surface area (Å²) in [6, 6.07) is 12.5. The predicted octanol–water partition coefficient (Wildman–Crippen LogP) is 3.73. The summed E-state index contributed by atoms with van der Waals surface area (Å²) in [6.07, 6.45) is 2.70. The van der Waals surface area contributed by atoms with E-state index in [4.69, 9.17) is 0 Å². The molecule has 4 rings (SSSR count). The molecule has 0 radical (unpaired) electrons. The average Bonchev–Trinajstić information content (AvgIpc) is 2.75. The zero-order chi connectivity index (χ0) is 21.3. The monoisotopic (exact) mass is 469 g/mol. The molecule has 0 spiro atoms. The highest BCUT2D eigenvalue weighted by Crippen LogP contribution is 2.24. The Morgan fingerprint density at radius 1 is 1.13 bits per heavy atom. The van der Waals surface area contributed by atoms with Crippen molar-refractivity contribution in [2.45, 2.75) is 38.8 Å². The summed E-state index contributed by atoms with van der Waals surface area (Å²) < 4.78 is 0.993. The van der Waals surface area contributed by atoms with Crippen LogP contribution in [0.15, 0.2) is 46.9 Å². The van der Waals surface area contributed by atoms with Crippen molar-refractivity contribution >= 4 is 39.3 Å². The van der Waals surface area contributed by atoms with Gasteiger partial charge in [-0.3, -0.25) is 14.4 Å². The number of nitrogens with zero attached hydrogens (tertiary/aromatic N) is 2. The summed E-state index contributed by atoms with van der Waals surface area (Å²) in [4.78, 5) is 41.1. The number of fused-ring (bicyclic) bond motifs is 1. The van der Waals surface area contributed by atoms with Gasteiger partial charge in [0.05, 0.1) is 0 Å². The number of carbonyl (C=O) groups is 3. The van der Waals surface area contributed by atoms with Gasteiger partial charge in [-0.2, -0.15) is 0 Å². The second kappa shape index (κ2) is 8.60. The summed E-state index contributed by atoms with van der Waals surface area (Å²) >= 11 is 3.45.